The largest absolute Gasteiger partial charge is 0.348 e. The third-order valence-electron chi connectivity index (χ3n) is 8.85. The Morgan fingerprint density at radius 1 is 0.765 bits per heavy atom. The zero-order valence-corrected chi connectivity index (χ0v) is 30.3. The molecule has 1 saturated heterocycles. The number of piperazine rings is 1. The number of benzene rings is 4. The van der Waals surface area contributed by atoms with Gasteiger partial charge in [0.2, 0.25) is 15.9 Å². The van der Waals surface area contributed by atoms with Crippen LogP contribution in [0.25, 0.3) is 10.8 Å². The van der Waals surface area contributed by atoms with Gasteiger partial charge < -0.3 is 20.4 Å². The summed E-state index contributed by atoms with van der Waals surface area (Å²) in [6.07, 6.45) is 2.91. The number of nitrogens with one attached hydrogen (secondary N) is 3. The van der Waals surface area contributed by atoms with Crippen molar-refractivity contribution in [2.24, 2.45) is 0 Å². The van der Waals surface area contributed by atoms with E-state index in [1.165, 1.54) is 18.2 Å². The van der Waals surface area contributed by atoms with Crippen molar-refractivity contribution in [2.75, 3.05) is 39.8 Å². The Balaban J connectivity index is 1.28. The summed E-state index contributed by atoms with van der Waals surface area (Å²) < 4.78 is 55.3. The Morgan fingerprint density at radius 2 is 1.41 bits per heavy atom. The summed E-state index contributed by atoms with van der Waals surface area (Å²) in [6.45, 7) is 2.67. The van der Waals surface area contributed by atoms with E-state index in [-0.39, 0.29) is 28.8 Å². The zero-order valence-electron chi connectivity index (χ0n) is 28.6. The smallest absolute Gasteiger partial charge is 0.318 e. The Hall–Kier alpha value is -4.56. The van der Waals surface area contributed by atoms with Gasteiger partial charge in [-0.25, -0.2) is 26.4 Å². The van der Waals surface area contributed by atoms with Crippen LogP contribution in [-0.2, 0) is 31.1 Å². The molecule has 0 spiro atoms. The first-order valence-electron chi connectivity index (χ1n) is 17.1. The highest BCUT2D eigenvalue weighted by Gasteiger charge is 2.27. The maximum absolute atomic E-state index is 13.9. The van der Waals surface area contributed by atoms with E-state index in [9.17, 15) is 26.4 Å². The summed E-state index contributed by atoms with van der Waals surface area (Å²) in [7, 11) is -5.60. The minimum Gasteiger partial charge on any atom is -0.348 e. The van der Waals surface area contributed by atoms with Gasteiger partial charge >= 0.3 is 6.03 Å². The number of fused-ring (bicyclic) bond motifs is 1. The second-order valence-corrected chi connectivity index (χ2v) is 16.2. The summed E-state index contributed by atoms with van der Waals surface area (Å²) in [5, 5.41) is 8.41. The second kappa shape index (κ2) is 17.6. The van der Waals surface area contributed by atoms with Crippen molar-refractivity contribution >= 4 is 42.6 Å². The van der Waals surface area contributed by atoms with E-state index in [2.05, 4.69) is 20.3 Å². The lowest BCUT2D eigenvalue weighted by Crippen LogP contribution is -2.56. The summed E-state index contributed by atoms with van der Waals surface area (Å²) >= 11 is 0. The number of hydrogen-bond acceptors (Lipinski definition) is 7. The van der Waals surface area contributed by atoms with Crippen LogP contribution in [0.4, 0.5) is 4.79 Å². The Labute approximate surface area is 300 Å². The minimum absolute atomic E-state index is 0.121. The molecule has 1 aliphatic rings. The molecule has 0 unspecified atom stereocenters. The number of likely N-dealkylation sites (N-methyl/N-ethyl adjacent to an activating group) is 1. The van der Waals surface area contributed by atoms with Crippen LogP contribution in [0.3, 0.4) is 0 Å². The van der Waals surface area contributed by atoms with E-state index in [1.54, 1.807) is 47.4 Å². The highest BCUT2D eigenvalue weighted by Crippen LogP contribution is 2.22. The van der Waals surface area contributed by atoms with Gasteiger partial charge in [-0.2, -0.15) is 0 Å². The average molecular weight is 732 g/mol. The van der Waals surface area contributed by atoms with Gasteiger partial charge in [0.05, 0.1) is 9.79 Å². The predicted molar refractivity (Wildman–Crippen MR) is 199 cm³/mol. The van der Waals surface area contributed by atoms with Gasteiger partial charge in [-0.1, -0.05) is 91.0 Å². The molecule has 0 aliphatic carbocycles. The molecule has 11 nitrogen and oxygen atoms in total. The van der Waals surface area contributed by atoms with Crippen molar-refractivity contribution < 1.29 is 26.4 Å². The molecule has 270 valence electrons. The molecule has 51 heavy (non-hydrogen) atoms. The fraction of sp³-hybridized carbons (Fsp3) is 0.316. The topological polar surface area (TPSA) is 145 Å². The van der Waals surface area contributed by atoms with Gasteiger partial charge in [0, 0.05) is 56.0 Å². The number of carbonyl (C=O) groups excluding carboxylic acids is 2. The van der Waals surface area contributed by atoms with Crippen molar-refractivity contribution in [1.29, 1.82) is 0 Å². The van der Waals surface area contributed by atoms with Crippen molar-refractivity contribution in [1.82, 2.24) is 25.2 Å². The number of amides is 3. The van der Waals surface area contributed by atoms with Crippen molar-refractivity contribution in [3.05, 3.63) is 120 Å². The quantitative estimate of drug-likeness (QED) is 0.155. The predicted octanol–water partition coefficient (Wildman–Crippen LogP) is 4.33. The first kappa shape index (κ1) is 37.7. The zero-order chi connectivity index (χ0) is 36.3. The Bertz CT molecular complexity index is 2010. The van der Waals surface area contributed by atoms with E-state index in [4.69, 9.17) is 0 Å². The van der Waals surface area contributed by atoms with Crippen molar-refractivity contribution in [2.45, 2.75) is 47.6 Å². The number of carbonyl (C=O) groups is 2. The van der Waals surface area contributed by atoms with Crippen LogP contribution in [-0.4, -0.2) is 90.4 Å². The highest BCUT2D eigenvalue weighted by molar-refractivity contribution is 7.94. The minimum atomic E-state index is -3.81. The van der Waals surface area contributed by atoms with Gasteiger partial charge in [-0.05, 0) is 55.5 Å². The Morgan fingerprint density at radius 3 is 2.14 bits per heavy atom. The molecule has 4 aromatic carbocycles. The standard InChI is InChI=1S/C38H45N5O6S2/c1-42-24-26-43(27-25-42)38(45)41-35(29-30-13-4-2-5-14-30)37(44)40-32(22-28-50(46,47)33-18-6-3-7-19-33)17-10-11-23-39-51(48,49)36-21-12-16-31-15-8-9-20-34(31)36/h2-9,12-16,18-22,28,32,35,39H,10-11,17,23-27,29H2,1H3,(H,40,44)(H,41,45)/b28-22+/t32-,35-/m0/s1. The van der Waals surface area contributed by atoms with E-state index < -0.39 is 37.9 Å². The lowest BCUT2D eigenvalue weighted by molar-refractivity contribution is -0.123. The summed E-state index contributed by atoms with van der Waals surface area (Å²) in [5.74, 6) is -0.454. The molecule has 1 fully saturated rings. The monoisotopic (exact) mass is 731 g/mol. The fourth-order valence-corrected chi connectivity index (χ4v) is 8.29. The number of urea groups is 1. The van der Waals surface area contributed by atoms with Crippen LogP contribution in [0.15, 0.2) is 124 Å². The molecule has 3 amide bonds. The lowest BCUT2D eigenvalue weighted by atomic mass is 10.0. The molecule has 0 saturated carbocycles. The fourth-order valence-electron chi connectivity index (χ4n) is 5.90. The van der Waals surface area contributed by atoms with E-state index >= 15 is 0 Å². The molecule has 13 heteroatoms. The second-order valence-electron chi connectivity index (χ2n) is 12.7. The molecule has 1 aliphatic heterocycles. The van der Waals surface area contributed by atoms with Crippen molar-refractivity contribution in [3.63, 3.8) is 0 Å². The van der Waals surface area contributed by atoms with E-state index in [0.29, 0.717) is 37.7 Å². The van der Waals surface area contributed by atoms with Crippen LogP contribution < -0.4 is 15.4 Å². The maximum atomic E-state index is 13.9. The summed E-state index contributed by atoms with van der Waals surface area (Å²) in [4.78, 5) is 31.3. The van der Waals surface area contributed by atoms with E-state index in [1.807, 2.05) is 55.6 Å². The highest BCUT2D eigenvalue weighted by atomic mass is 32.2. The number of sulfone groups is 1. The number of unbranched alkanes of at least 4 members (excludes halogenated alkanes) is 1. The molecule has 0 aromatic heterocycles. The normalized spacial score (nSPS) is 15.4. The third kappa shape index (κ3) is 10.7. The third-order valence-corrected chi connectivity index (χ3v) is 11.8. The van der Waals surface area contributed by atoms with E-state index in [0.717, 1.165) is 29.4 Å². The van der Waals surface area contributed by atoms with Gasteiger partial charge in [0.1, 0.15) is 6.04 Å². The number of hydrogen-bond donors (Lipinski definition) is 3. The molecule has 1 heterocycles. The molecule has 3 N–H and O–H groups in total. The molecule has 2 atom stereocenters. The number of rotatable bonds is 15. The van der Waals surface area contributed by atoms with Gasteiger partial charge in [-0.3, -0.25) is 4.79 Å². The molecular formula is C38H45N5O6S2. The maximum Gasteiger partial charge on any atom is 0.318 e. The van der Waals surface area contributed by atoms with Crippen LogP contribution >= 0.6 is 0 Å². The molecule has 0 bridgehead atoms. The first-order chi connectivity index (χ1) is 24.5. The molecule has 0 radical (unpaired) electrons. The van der Waals surface area contributed by atoms with Gasteiger partial charge in [0.15, 0.2) is 9.84 Å². The molecular weight excluding hydrogens is 687 g/mol. The summed E-state index contributed by atoms with van der Waals surface area (Å²) in [6, 6.07) is 27.8. The van der Waals surface area contributed by atoms with Gasteiger partial charge in [-0.15, -0.1) is 0 Å². The van der Waals surface area contributed by atoms with Crippen LogP contribution in [0.1, 0.15) is 24.8 Å². The van der Waals surface area contributed by atoms with Crippen LogP contribution in [0, 0.1) is 0 Å². The molecule has 5 rings (SSSR count). The Kier molecular flexibility index (Phi) is 13.0. The average Bonchev–Trinajstić information content (AvgIpc) is 3.14. The number of nitrogens with zero attached hydrogens (tertiary/aromatic N) is 2. The van der Waals surface area contributed by atoms with Crippen LogP contribution in [0.2, 0.25) is 0 Å². The SMILES string of the molecule is CN1CCN(C(=O)N[C@@H](Cc2ccccc2)C(=O)N[C@H](/C=C/S(=O)(=O)c2ccccc2)CCCCNS(=O)(=O)c2cccc3ccccc23)CC1. The van der Waals surface area contributed by atoms with Crippen LogP contribution in [0.5, 0.6) is 0 Å². The number of sulfonamides is 1. The van der Waals surface area contributed by atoms with Crippen molar-refractivity contribution in [3.8, 4) is 0 Å². The van der Waals surface area contributed by atoms with Gasteiger partial charge in [0.25, 0.3) is 0 Å². The first-order valence-corrected chi connectivity index (χ1v) is 20.1. The lowest BCUT2D eigenvalue weighted by Gasteiger charge is -2.33. The summed E-state index contributed by atoms with van der Waals surface area (Å²) in [5.41, 5.74) is 0.855. The molecule has 4 aromatic rings.